The summed E-state index contributed by atoms with van der Waals surface area (Å²) in [5.41, 5.74) is -3.31. The quantitative estimate of drug-likeness (QED) is 0.479. The summed E-state index contributed by atoms with van der Waals surface area (Å²) < 4.78 is 106. The van der Waals surface area contributed by atoms with Crippen LogP contribution in [0.2, 0.25) is 0 Å². The Kier molecular flexibility index (Phi) is 8.98. The fourth-order valence-electron chi connectivity index (χ4n) is 5.54. The van der Waals surface area contributed by atoms with Gasteiger partial charge in [0.15, 0.2) is 5.60 Å². The molecular weight excluding hydrogens is 582 g/mol. The van der Waals surface area contributed by atoms with Crippen LogP contribution in [0.3, 0.4) is 0 Å². The minimum Gasteiger partial charge on any atom is -0.380 e. The third-order valence-electron chi connectivity index (χ3n) is 8.05. The number of likely N-dealkylation sites (tertiary alicyclic amines) is 1. The lowest BCUT2D eigenvalue weighted by atomic mass is 9.92. The maximum absolute atomic E-state index is 13.4. The maximum Gasteiger partial charge on any atom is 0.417 e. The molecule has 9 nitrogen and oxygen atoms in total. The van der Waals surface area contributed by atoms with Gasteiger partial charge in [-0.25, -0.2) is 0 Å². The first-order valence-electron chi connectivity index (χ1n) is 13.3. The van der Waals surface area contributed by atoms with Crippen molar-refractivity contribution in [2.45, 2.75) is 69.1 Å². The summed E-state index contributed by atoms with van der Waals surface area (Å²) >= 11 is 0. The summed E-state index contributed by atoms with van der Waals surface area (Å²) in [5.74, 6) is -1.62. The predicted octanol–water partition coefficient (Wildman–Crippen LogP) is 2.66. The van der Waals surface area contributed by atoms with Crippen LogP contribution in [0.25, 0.3) is 0 Å². The van der Waals surface area contributed by atoms with Crippen molar-refractivity contribution < 1.29 is 49.5 Å². The van der Waals surface area contributed by atoms with Crippen LogP contribution in [0.5, 0.6) is 0 Å². The number of rotatable bonds is 6. The minimum atomic E-state index is -4.87. The lowest BCUT2D eigenvalue weighted by Gasteiger charge is -2.41. The minimum absolute atomic E-state index is 0.0375. The smallest absolute Gasteiger partial charge is 0.380 e. The number of aliphatic hydroxyl groups is 1. The summed E-state index contributed by atoms with van der Waals surface area (Å²) in [6.07, 6.45) is -9.31. The van der Waals surface area contributed by atoms with E-state index in [-0.39, 0.29) is 26.2 Å². The Balaban J connectivity index is 1.34. The van der Waals surface area contributed by atoms with Crippen LogP contribution in [-0.4, -0.2) is 89.4 Å². The molecule has 3 heterocycles. The Bertz CT molecular complexity index is 1220. The molecule has 0 unspecified atom stereocenters. The zero-order valence-corrected chi connectivity index (χ0v) is 22.9. The van der Waals surface area contributed by atoms with Gasteiger partial charge < -0.3 is 15.3 Å². The number of piperidine rings is 2. The van der Waals surface area contributed by atoms with Gasteiger partial charge in [-0.2, -0.15) is 43.4 Å². The van der Waals surface area contributed by atoms with Gasteiger partial charge in [-0.3, -0.25) is 9.59 Å². The second-order valence-electron chi connectivity index (χ2n) is 10.7. The second kappa shape index (κ2) is 11.7. The summed E-state index contributed by atoms with van der Waals surface area (Å²) in [6.45, 7) is -0.880. The van der Waals surface area contributed by atoms with Crippen molar-refractivity contribution >= 4 is 22.0 Å². The van der Waals surface area contributed by atoms with Gasteiger partial charge in [-0.1, -0.05) is 12.1 Å². The van der Waals surface area contributed by atoms with E-state index in [2.05, 4.69) is 5.32 Å². The van der Waals surface area contributed by atoms with Gasteiger partial charge in [0, 0.05) is 39.3 Å². The van der Waals surface area contributed by atoms with Crippen molar-refractivity contribution in [3.63, 3.8) is 0 Å². The van der Waals surface area contributed by atoms with E-state index in [4.69, 9.17) is 0 Å². The first kappa shape index (κ1) is 31.5. The van der Waals surface area contributed by atoms with Crippen LogP contribution in [0.1, 0.15) is 49.7 Å². The average molecular weight is 615 g/mol. The Morgan fingerprint density at radius 3 is 2.12 bits per heavy atom. The number of benzene rings is 1. The van der Waals surface area contributed by atoms with Crippen molar-refractivity contribution in [1.82, 2.24) is 18.8 Å². The van der Waals surface area contributed by atoms with Crippen molar-refractivity contribution in [3.05, 3.63) is 35.4 Å². The number of nitrogens with zero attached hydrogens (tertiary/aromatic N) is 3. The predicted molar refractivity (Wildman–Crippen MR) is 133 cm³/mol. The molecule has 1 aromatic carbocycles. The molecule has 3 saturated heterocycles. The molecule has 3 aliphatic rings. The topological polar surface area (TPSA) is 110 Å². The number of nitrogens with one attached hydrogen (secondary N) is 1. The van der Waals surface area contributed by atoms with Gasteiger partial charge in [0.25, 0.3) is 10.2 Å². The molecule has 0 saturated carbocycles. The van der Waals surface area contributed by atoms with Crippen LogP contribution in [-0.2, 0) is 32.5 Å². The van der Waals surface area contributed by atoms with Gasteiger partial charge in [0.2, 0.25) is 11.8 Å². The van der Waals surface area contributed by atoms with Crippen LogP contribution in [0.4, 0.5) is 26.3 Å². The van der Waals surface area contributed by atoms with E-state index in [0.29, 0.717) is 31.2 Å². The van der Waals surface area contributed by atoms with Crippen LogP contribution >= 0.6 is 0 Å². The number of carbonyl (C=O) groups is 2. The molecule has 0 aromatic heterocycles. The van der Waals surface area contributed by atoms with Crippen LogP contribution in [0.15, 0.2) is 24.3 Å². The lowest BCUT2D eigenvalue weighted by Crippen LogP contribution is -2.58. The van der Waals surface area contributed by atoms with Crippen molar-refractivity contribution in [2.24, 2.45) is 5.92 Å². The molecule has 2 amide bonds. The highest BCUT2D eigenvalue weighted by molar-refractivity contribution is 7.86. The van der Waals surface area contributed by atoms with Gasteiger partial charge in [0.05, 0.1) is 11.5 Å². The van der Waals surface area contributed by atoms with E-state index in [0.717, 1.165) is 20.7 Å². The number of amides is 2. The van der Waals surface area contributed by atoms with E-state index in [1.54, 1.807) is 0 Å². The number of carbonyl (C=O) groups excluding carboxylic acids is 2. The summed E-state index contributed by atoms with van der Waals surface area (Å²) in [6, 6.07) is 3.52. The number of alkyl halides is 6. The molecule has 16 heteroatoms. The monoisotopic (exact) mass is 614 g/mol. The molecule has 3 fully saturated rings. The standard InChI is InChI=1S/C25H32F6N4O5S/c26-24(27,28)19-7-5-17(6-8-19)15-32-21(36)20-4-2-12-35(20)22(37)18-3-1-11-34(16-18)41(39,40)33-13-9-23(38,10-14-33)25(29,30)31/h5-8,18,20,38H,1-4,9-16H2,(H,32,36)/t18-,20+/m0/s1. The third kappa shape index (κ3) is 6.81. The Hall–Kier alpha value is -2.43. The van der Waals surface area contributed by atoms with Crippen molar-refractivity contribution in [1.29, 1.82) is 0 Å². The Morgan fingerprint density at radius 1 is 0.927 bits per heavy atom. The largest absolute Gasteiger partial charge is 0.417 e. The second-order valence-corrected chi connectivity index (χ2v) is 12.7. The average Bonchev–Trinajstić information content (AvgIpc) is 3.41. The number of halogens is 6. The molecular formula is C25H32F6N4O5S. The molecule has 2 atom stereocenters. The SMILES string of the molecule is O=C(NCc1ccc(C(F)(F)F)cc1)[C@H]1CCCN1C(=O)[C@H]1CCCN(S(=O)(=O)N2CCC(O)(C(F)(F)F)CC2)C1. The Labute approximate surface area is 233 Å². The van der Waals surface area contributed by atoms with Crippen LogP contribution < -0.4 is 5.32 Å². The first-order valence-corrected chi connectivity index (χ1v) is 14.7. The molecule has 3 aliphatic heterocycles. The van der Waals surface area contributed by atoms with E-state index in [1.807, 2.05) is 0 Å². The fourth-order valence-corrected chi connectivity index (χ4v) is 7.24. The number of hydrogen-bond donors (Lipinski definition) is 2. The normalized spacial score (nSPS) is 24.8. The molecule has 0 radical (unpaired) electrons. The zero-order chi connectivity index (χ0) is 30.2. The molecule has 2 N–H and O–H groups in total. The molecule has 1 aromatic rings. The lowest BCUT2D eigenvalue weighted by molar-refractivity contribution is -0.270. The summed E-state index contributed by atoms with van der Waals surface area (Å²) in [7, 11) is -4.18. The van der Waals surface area contributed by atoms with Gasteiger partial charge in [0.1, 0.15) is 6.04 Å². The van der Waals surface area contributed by atoms with Gasteiger partial charge >= 0.3 is 12.4 Å². The van der Waals surface area contributed by atoms with E-state index in [1.165, 1.54) is 17.0 Å². The molecule has 0 bridgehead atoms. The van der Waals surface area contributed by atoms with Gasteiger partial charge in [-0.15, -0.1) is 0 Å². The highest BCUT2D eigenvalue weighted by Gasteiger charge is 2.56. The maximum atomic E-state index is 13.4. The van der Waals surface area contributed by atoms with E-state index >= 15 is 0 Å². The molecule has 230 valence electrons. The molecule has 0 spiro atoms. The molecule has 41 heavy (non-hydrogen) atoms. The van der Waals surface area contributed by atoms with Crippen LogP contribution in [0, 0.1) is 5.92 Å². The Morgan fingerprint density at radius 2 is 1.54 bits per heavy atom. The van der Waals surface area contributed by atoms with Crippen molar-refractivity contribution in [2.75, 3.05) is 32.7 Å². The first-order chi connectivity index (χ1) is 19.0. The van der Waals surface area contributed by atoms with E-state index < -0.39 is 83.4 Å². The molecule has 0 aliphatic carbocycles. The molecule has 4 rings (SSSR count). The zero-order valence-electron chi connectivity index (χ0n) is 22.0. The number of hydrogen-bond acceptors (Lipinski definition) is 5. The summed E-state index contributed by atoms with van der Waals surface area (Å²) in [5, 5.41) is 12.5. The fraction of sp³-hybridized carbons (Fsp3) is 0.680. The third-order valence-corrected chi connectivity index (χ3v) is 10.1. The highest BCUT2D eigenvalue weighted by atomic mass is 32.2. The summed E-state index contributed by atoms with van der Waals surface area (Å²) in [4.78, 5) is 27.7. The van der Waals surface area contributed by atoms with Gasteiger partial charge in [-0.05, 0) is 56.2 Å². The van der Waals surface area contributed by atoms with Crippen molar-refractivity contribution in [3.8, 4) is 0 Å². The highest BCUT2D eigenvalue weighted by Crippen LogP contribution is 2.39. The van der Waals surface area contributed by atoms with E-state index in [9.17, 15) is 49.5 Å².